The molecule has 1 aromatic carbocycles. The summed E-state index contributed by atoms with van der Waals surface area (Å²) in [5.74, 6) is 0.160. The largest absolute Gasteiger partial charge is 0.469 e. The summed E-state index contributed by atoms with van der Waals surface area (Å²) in [4.78, 5) is 27.1. The third-order valence-electron chi connectivity index (χ3n) is 2.88. The van der Waals surface area contributed by atoms with E-state index in [2.05, 4.69) is 25.7 Å². The third-order valence-corrected chi connectivity index (χ3v) is 3.38. The molecule has 2 rings (SSSR count). The molecule has 0 spiro atoms. The minimum absolute atomic E-state index is 0.234. The van der Waals surface area contributed by atoms with Crippen LogP contribution in [-0.2, 0) is 16.0 Å². The highest BCUT2D eigenvalue weighted by Crippen LogP contribution is 2.16. The van der Waals surface area contributed by atoms with Crippen LogP contribution in [0, 0.1) is 0 Å². The quantitative estimate of drug-likeness (QED) is 0.618. The van der Waals surface area contributed by atoms with Gasteiger partial charge in [-0.25, -0.2) is 9.78 Å². The summed E-state index contributed by atoms with van der Waals surface area (Å²) in [5.41, 5.74) is 0.226. The van der Waals surface area contributed by atoms with Gasteiger partial charge in [0.2, 0.25) is 0 Å². The number of hydrogen-bond acceptors (Lipinski definition) is 5. The van der Waals surface area contributed by atoms with Gasteiger partial charge in [0.25, 0.3) is 0 Å². The van der Waals surface area contributed by atoms with Gasteiger partial charge in [-0.15, -0.1) is 0 Å². The zero-order chi connectivity index (χ0) is 14.5. The van der Waals surface area contributed by atoms with E-state index in [1.807, 2.05) is 0 Å². The SMILES string of the molecule is COC(=O)CCCCc1nc2cc(Br)ccc2c(=O)o1. The smallest absolute Gasteiger partial charge is 0.346 e. The summed E-state index contributed by atoms with van der Waals surface area (Å²) in [7, 11) is 1.37. The van der Waals surface area contributed by atoms with Crippen molar-refractivity contribution in [3.05, 3.63) is 39.0 Å². The highest BCUT2D eigenvalue weighted by molar-refractivity contribution is 9.10. The summed E-state index contributed by atoms with van der Waals surface area (Å²) < 4.78 is 10.6. The van der Waals surface area contributed by atoms with Crippen LogP contribution in [0.5, 0.6) is 0 Å². The molecule has 2 aromatic rings. The number of hydrogen-bond donors (Lipinski definition) is 0. The van der Waals surface area contributed by atoms with E-state index in [9.17, 15) is 9.59 Å². The molecule has 0 N–H and O–H groups in total. The molecule has 0 atom stereocenters. The Morgan fingerprint density at radius 3 is 2.95 bits per heavy atom. The molecule has 0 unspecified atom stereocenters. The maximum absolute atomic E-state index is 11.8. The second-order valence-electron chi connectivity index (χ2n) is 4.34. The van der Waals surface area contributed by atoms with Crippen LogP contribution in [0.1, 0.15) is 25.2 Å². The van der Waals surface area contributed by atoms with Crippen molar-refractivity contribution in [3.63, 3.8) is 0 Å². The maximum Gasteiger partial charge on any atom is 0.346 e. The van der Waals surface area contributed by atoms with Crippen molar-refractivity contribution in [3.8, 4) is 0 Å². The Labute approximate surface area is 124 Å². The van der Waals surface area contributed by atoms with Gasteiger partial charge in [-0.05, 0) is 31.0 Å². The molecule has 106 valence electrons. The van der Waals surface area contributed by atoms with Crippen molar-refractivity contribution in [2.24, 2.45) is 0 Å². The van der Waals surface area contributed by atoms with E-state index in [4.69, 9.17) is 4.42 Å². The molecule has 0 amide bonds. The van der Waals surface area contributed by atoms with Crippen LogP contribution in [0.3, 0.4) is 0 Å². The zero-order valence-corrected chi connectivity index (χ0v) is 12.6. The summed E-state index contributed by atoms with van der Waals surface area (Å²) >= 11 is 3.35. The fraction of sp³-hybridized carbons (Fsp3) is 0.357. The third kappa shape index (κ3) is 3.66. The van der Waals surface area contributed by atoms with Gasteiger partial charge in [0.15, 0.2) is 5.89 Å². The number of carbonyl (C=O) groups excluding carboxylic acids is 1. The van der Waals surface area contributed by atoms with E-state index < -0.39 is 0 Å². The number of ether oxygens (including phenoxy) is 1. The van der Waals surface area contributed by atoms with Crippen LogP contribution in [0.4, 0.5) is 0 Å². The number of esters is 1. The molecule has 0 aliphatic heterocycles. The molecule has 0 aliphatic carbocycles. The lowest BCUT2D eigenvalue weighted by Crippen LogP contribution is -2.06. The van der Waals surface area contributed by atoms with Crippen LogP contribution < -0.4 is 5.63 Å². The van der Waals surface area contributed by atoms with E-state index in [0.29, 0.717) is 42.5 Å². The highest BCUT2D eigenvalue weighted by atomic mass is 79.9. The number of aromatic nitrogens is 1. The predicted octanol–water partition coefficient (Wildman–Crippen LogP) is 2.84. The standard InChI is InChI=1S/C14H14BrNO4/c1-19-13(17)5-3-2-4-12-16-11-8-9(15)6-7-10(11)14(18)20-12/h6-8H,2-5H2,1H3. The highest BCUT2D eigenvalue weighted by Gasteiger charge is 2.07. The first-order valence-electron chi connectivity index (χ1n) is 6.26. The van der Waals surface area contributed by atoms with Crippen molar-refractivity contribution in [1.29, 1.82) is 0 Å². The number of rotatable bonds is 5. The maximum atomic E-state index is 11.8. The molecule has 20 heavy (non-hydrogen) atoms. The van der Waals surface area contributed by atoms with Gasteiger partial charge in [0.05, 0.1) is 18.0 Å². The average Bonchev–Trinajstić information content (AvgIpc) is 2.42. The van der Waals surface area contributed by atoms with Crippen molar-refractivity contribution in [2.45, 2.75) is 25.7 Å². The summed E-state index contributed by atoms with van der Waals surface area (Å²) in [6.07, 6.45) is 2.27. The minimum Gasteiger partial charge on any atom is -0.469 e. The Morgan fingerprint density at radius 2 is 2.20 bits per heavy atom. The van der Waals surface area contributed by atoms with Crippen LogP contribution in [-0.4, -0.2) is 18.1 Å². The van der Waals surface area contributed by atoms with Crippen molar-refractivity contribution >= 4 is 32.8 Å². The molecule has 0 radical (unpaired) electrons. The number of aryl methyl sites for hydroxylation is 1. The Kier molecular flexibility index (Phi) is 4.89. The van der Waals surface area contributed by atoms with Crippen molar-refractivity contribution in [2.75, 3.05) is 7.11 Å². The predicted molar refractivity (Wildman–Crippen MR) is 77.6 cm³/mol. The van der Waals surface area contributed by atoms with Gasteiger partial charge in [0.1, 0.15) is 0 Å². The van der Waals surface area contributed by atoms with Crippen LogP contribution in [0.25, 0.3) is 10.9 Å². The molecule has 1 heterocycles. The van der Waals surface area contributed by atoms with Gasteiger partial charge in [-0.1, -0.05) is 15.9 Å². The number of unbranched alkanes of at least 4 members (excludes halogenated alkanes) is 1. The second kappa shape index (κ2) is 6.65. The van der Waals surface area contributed by atoms with E-state index in [-0.39, 0.29) is 11.6 Å². The number of carbonyl (C=O) groups is 1. The second-order valence-corrected chi connectivity index (χ2v) is 5.26. The van der Waals surface area contributed by atoms with Gasteiger partial charge in [-0.2, -0.15) is 0 Å². The first kappa shape index (κ1) is 14.7. The van der Waals surface area contributed by atoms with Gasteiger partial charge in [0, 0.05) is 17.3 Å². The molecular formula is C14H14BrNO4. The molecule has 5 nitrogen and oxygen atoms in total. The lowest BCUT2D eigenvalue weighted by Gasteiger charge is -2.02. The number of benzene rings is 1. The first-order valence-corrected chi connectivity index (χ1v) is 7.05. The van der Waals surface area contributed by atoms with E-state index >= 15 is 0 Å². The molecule has 0 bridgehead atoms. The van der Waals surface area contributed by atoms with Gasteiger partial charge >= 0.3 is 11.6 Å². The van der Waals surface area contributed by atoms with Gasteiger partial charge in [-0.3, -0.25) is 4.79 Å². The Bertz CT molecular complexity index is 680. The molecular weight excluding hydrogens is 326 g/mol. The number of fused-ring (bicyclic) bond motifs is 1. The Hall–Kier alpha value is -1.69. The van der Waals surface area contributed by atoms with Crippen molar-refractivity contribution in [1.82, 2.24) is 4.98 Å². The number of halogens is 1. The fourth-order valence-electron chi connectivity index (χ4n) is 1.84. The van der Waals surface area contributed by atoms with E-state index in [1.54, 1.807) is 18.2 Å². The minimum atomic E-state index is -0.384. The molecule has 0 saturated heterocycles. The molecule has 0 saturated carbocycles. The lowest BCUT2D eigenvalue weighted by atomic mass is 10.2. The molecule has 6 heteroatoms. The molecule has 1 aromatic heterocycles. The monoisotopic (exact) mass is 339 g/mol. The first-order chi connectivity index (χ1) is 9.60. The van der Waals surface area contributed by atoms with E-state index in [1.165, 1.54) is 7.11 Å². The van der Waals surface area contributed by atoms with Crippen LogP contribution in [0.15, 0.2) is 31.9 Å². The molecule has 0 aliphatic rings. The summed E-state index contributed by atoms with van der Waals surface area (Å²) in [6.45, 7) is 0. The lowest BCUT2D eigenvalue weighted by molar-refractivity contribution is -0.140. The Balaban J connectivity index is 2.07. The zero-order valence-electron chi connectivity index (χ0n) is 11.0. The van der Waals surface area contributed by atoms with Crippen LogP contribution in [0.2, 0.25) is 0 Å². The normalized spacial score (nSPS) is 10.7. The average molecular weight is 340 g/mol. The number of nitrogens with zero attached hydrogens (tertiary/aromatic N) is 1. The summed E-state index contributed by atoms with van der Waals surface area (Å²) in [5, 5.41) is 0.464. The Morgan fingerprint density at radius 1 is 1.40 bits per heavy atom. The number of methoxy groups -OCH3 is 1. The molecule has 0 fully saturated rings. The van der Waals surface area contributed by atoms with Crippen LogP contribution >= 0.6 is 15.9 Å². The summed E-state index contributed by atoms with van der Waals surface area (Å²) in [6, 6.07) is 5.24. The van der Waals surface area contributed by atoms with E-state index in [0.717, 1.165) is 4.47 Å². The van der Waals surface area contributed by atoms with Crippen molar-refractivity contribution < 1.29 is 13.9 Å². The topological polar surface area (TPSA) is 69.4 Å². The van der Waals surface area contributed by atoms with Gasteiger partial charge < -0.3 is 9.15 Å². The fourth-order valence-corrected chi connectivity index (χ4v) is 2.19.